The molecule has 1 N–H and O–H groups in total. The molecular formula is C16H31NO. The lowest BCUT2D eigenvalue weighted by Crippen LogP contribution is -2.49. The van der Waals surface area contributed by atoms with Gasteiger partial charge in [-0.25, -0.2) is 0 Å². The lowest BCUT2D eigenvalue weighted by molar-refractivity contribution is -0.0799. The topological polar surface area (TPSA) is 21.3 Å². The first-order valence-electron chi connectivity index (χ1n) is 7.91. The molecule has 106 valence electrons. The maximum atomic E-state index is 5.94. The third-order valence-corrected chi connectivity index (χ3v) is 4.99. The Morgan fingerprint density at radius 3 is 2.39 bits per heavy atom. The highest BCUT2D eigenvalue weighted by atomic mass is 16.5. The Labute approximate surface area is 113 Å². The molecule has 0 aromatic heterocycles. The number of hydrogen-bond acceptors (Lipinski definition) is 2. The summed E-state index contributed by atoms with van der Waals surface area (Å²) in [7, 11) is 0. The van der Waals surface area contributed by atoms with Gasteiger partial charge in [-0.05, 0) is 57.3 Å². The monoisotopic (exact) mass is 253 g/mol. The van der Waals surface area contributed by atoms with Crippen molar-refractivity contribution in [3.05, 3.63) is 0 Å². The van der Waals surface area contributed by atoms with Gasteiger partial charge in [0.15, 0.2) is 0 Å². The van der Waals surface area contributed by atoms with Crippen molar-refractivity contribution < 1.29 is 4.74 Å². The molecule has 1 aliphatic heterocycles. The van der Waals surface area contributed by atoms with Crippen molar-refractivity contribution >= 4 is 0 Å². The minimum atomic E-state index is 0.113. The molecule has 2 aliphatic rings. The van der Waals surface area contributed by atoms with Gasteiger partial charge in [0.2, 0.25) is 0 Å². The summed E-state index contributed by atoms with van der Waals surface area (Å²) in [6.07, 6.45) is 7.65. The van der Waals surface area contributed by atoms with Crippen molar-refractivity contribution in [2.24, 2.45) is 11.8 Å². The van der Waals surface area contributed by atoms with Crippen molar-refractivity contribution in [3.63, 3.8) is 0 Å². The molecule has 2 heteroatoms. The van der Waals surface area contributed by atoms with Crippen LogP contribution < -0.4 is 5.32 Å². The van der Waals surface area contributed by atoms with E-state index in [4.69, 9.17) is 4.74 Å². The van der Waals surface area contributed by atoms with Gasteiger partial charge in [0.1, 0.15) is 0 Å². The van der Waals surface area contributed by atoms with Crippen LogP contribution in [0.4, 0.5) is 0 Å². The van der Waals surface area contributed by atoms with Crippen LogP contribution in [0.2, 0.25) is 0 Å². The van der Waals surface area contributed by atoms with Gasteiger partial charge in [0.25, 0.3) is 0 Å². The first kappa shape index (κ1) is 14.3. The zero-order chi connectivity index (χ0) is 13.2. The number of rotatable bonds is 3. The van der Waals surface area contributed by atoms with Crippen molar-refractivity contribution in [1.29, 1.82) is 0 Å². The summed E-state index contributed by atoms with van der Waals surface area (Å²) < 4.78 is 5.94. The van der Waals surface area contributed by atoms with Gasteiger partial charge in [-0.1, -0.05) is 20.8 Å². The van der Waals surface area contributed by atoms with Gasteiger partial charge in [-0.15, -0.1) is 0 Å². The van der Waals surface area contributed by atoms with E-state index in [0.717, 1.165) is 30.9 Å². The Hall–Kier alpha value is -0.0800. The van der Waals surface area contributed by atoms with Crippen molar-refractivity contribution in [2.45, 2.75) is 83.9 Å². The second-order valence-corrected chi connectivity index (χ2v) is 7.12. The van der Waals surface area contributed by atoms with E-state index in [1.54, 1.807) is 0 Å². The van der Waals surface area contributed by atoms with E-state index < -0.39 is 0 Å². The van der Waals surface area contributed by atoms with Crippen LogP contribution in [0.15, 0.2) is 0 Å². The van der Waals surface area contributed by atoms with Crippen LogP contribution in [0.25, 0.3) is 0 Å². The fourth-order valence-electron chi connectivity index (χ4n) is 3.93. The van der Waals surface area contributed by atoms with Gasteiger partial charge in [-0.3, -0.25) is 0 Å². The highest BCUT2D eigenvalue weighted by Gasteiger charge is 2.33. The number of nitrogens with one attached hydrogen (secondary N) is 1. The molecular weight excluding hydrogens is 222 g/mol. The van der Waals surface area contributed by atoms with E-state index >= 15 is 0 Å². The van der Waals surface area contributed by atoms with Crippen LogP contribution in [0, 0.1) is 11.8 Å². The normalized spacial score (nSPS) is 46.0. The summed E-state index contributed by atoms with van der Waals surface area (Å²) in [5.74, 6) is 1.78. The molecule has 0 radical (unpaired) electrons. The van der Waals surface area contributed by atoms with Crippen LogP contribution >= 0.6 is 0 Å². The third-order valence-electron chi connectivity index (χ3n) is 4.99. The molecule has 0 aromatic carbocycles. The van der Waals surface area contributed by atoms with Crippen molar-refractivity contribution in [3.8, 4) is 0 Å². The molecule has 2 fully saturated rings. The highest BCUT2D eigenvalue weighted by molar-refractivity contribution is 4.89. The quantitative estimate of drug-likeness (QED) is 0.827. The Bertz CT molecular complexity index is 258. The molecule has 1 heterocycles. The van der Waals surface area contributed by atoms with E-state index in [1.807, 2.05) is 0 Å². The maximum Gasteiger partial charge on any atom is 0.0666 e. The maximum absolute atomic E-state index is 5.94. The fraction of sp³-hybridized carbons (Fsp3) is 1.00. The van der Waals surface area contributed by atoms with Crippen LogP contribution in [0.1, 0.15) is 66.2 Å². The van der Waals surface area contributed by atoms with Gasteiger partial charge in [0.05, 0.1) is 5.60 Å². The lowest BCUT2D eigenvalue weighted by atomic mass is 9.79. The second-order valence-electron chi connectivity index (χ2n) is 7.12. The van der Waals surface area contributed by atoms with E-state index in [2.05, 4.69) is 33.0 Å². The molecule has 0 amide bonds. The Morgan fingerprint density at radius 1 is 1.11 bits per heavy atom. The van der Waals surface area contributed by atoms with E-state index in [-0.39, 0.29) is 5.60 Å². The van der Waals surface area contributed by atoms with Gasteiger partial charge in [0, 0.05) is 18.7 Å². The van der Waals surface area contributed by atoms with Gasteiger partial charge < -0.3 is 10.1 Å². The van der Waals surface area contributed by atoms with Crippen LogP contribution in [-0.2, 0) is 4.74 Å². The summed E-state index contributed by atoms with van der Waals surface area (Å²) in [6.45, 7) is 10.3. The molecule has 1 saturated heterocycles. The fourth-order valence-corrected chi connectivity index (χ4v) is 3.93. The largest absolute Gasteiger partial charge is 0.375 e. The second kappa shape index (κ2) is 5.92. The lowest BCUT2D eigenvalue weighted by Gasteiger charge is -2.41. The Morgan fingerprint density at radius 2 is 1.78 bits per heavy atom. The Balaban J connectivity index is 1.85. The minimum absolute atomic E-state index is 0.113. The van der Waals surface area contributed by atoms with Crippen molar-refractivity contribution in [1.82, 2.24) is 5.32 Å². The first-order chi connectivity index (χ1) is 8.50. The molecule has 18 heavy (non-hydrogen) atoms. The summed E-state index contributed by atoms with van der Waals surface area (Å²) in [4.78, 5) is 0. The van der Waals surface area contributed by atoms with Gasteiger partial charge >= 0.3 is 0 Å². The third kappa shape index (κ3) is 3.71. The number of ether oxygens (including phenoxy) is 1. The average Bonchev–Trinajstić information content (AvgIpc) is 2.27. The average molecular weight is 253 g/mol. The molecule has 2 rings (SSSR count). The number of hydrogen-bond donors (Lipinski definition) is 1. The van der Waals surface area contributed by atoms with Gasteiger partial charge in [-0.2, -0.15) is 0 Å². The smallest absolute Gasteiger partial charge is 0.0666 e. The highest BCUT2D eigenvalue weighted by Crippen LogP contribution is 2.32. The molecule has 2 nitrogen and oxygen atoms in total. The van der Waals surface area contributed by atoms with E-state index in [1.165, 1.54) is 32.1 Å². The van der Waals surface area contributed by atoms with Crippen LogP contribution in [0.5, 0.6) is 0 Å². The molecule has 4 unspecified atom stereocenters. The summed E-state index contributed by atoms with van der Waals surface area (Å²) >= 11 is 0. The SMILES string of the molecule is CCC1(C)CC(NC2CC(C)CC(C)C2)CCO1. The molecule has 0 bridgehead atoms. The molecule has 1 aliphatic carbocycles. The van der Waals surface area contributed by atoms with E-state index in [9.17, 15) is 0 Å². The summed E-state index contributed by atoms with van der Waals surface area (Å²) in [6, 6.07) is 1.42. The molecule has 1 saturated carbocycles. The first-order valence-corrected chi connectivity index (χ1v) is 7.91. The zero-order valence-electron chi connectivity index (χ0n) is 12.7. The standard InChI is InChI=1S/C16H31NO/c1-5-16(4)11-14(6-7-18-16)17-15-9-12(2)8-13(3)10-15/h12-15,17H,5-11H2,1-4H3. The summed E-state index contributed by atoms with van der Waals surface area (Å²) in [5, 5.41) is 3.93. The van der Waals surface area contributed by atoms with Crippen LogP contribution in [-0.4, -0.2) is 24.3 Å². The minimum Gasteiger partial charge on any atom is -0.375 e. The molecule has 4 atom stereocenters. The molecule has 0 spiro atoms. The van der Waals surface area contributed by atoms with E-state index in [0.29, 0.717) is 6.04 Å². The predicted octanol–water partition coefficient (Wildman–Crippen LogP) is 3.75. The Kier molecular flexibility index (Phi) is 4.71. The van der Waals surface area contributed by atoms with Crippen LogP contribution in [0.3, 0.4) is 0 Å². The predicted molar refractivity (Wildman–Crippen MR) is 76.8 cm³/mol. The molecule has 0 aromatic rings. The summed E-state index contributed by atoms with van der Waals surface area (Å²) in [5.41, 5.74) is 0.113. The zero-order valence-corrected chi connectivity index (χ0v) is 12.7. The van der Waals surface area contributed by atoms with Crippen molar-refractivity contribution in [2.75, 3.05) is 6.61 Å².